The normalized spacial score (nSPS) is 40.8. The number of pyridine rings is 2. The Morgan fingerprint density at radius 3 is 1.16 bits per heavy atom. The van der Waals surface area contributed by atoms with Crippen molar-refractivity contribution in [2.75, 3.05) is 40.4 Å². The Morgan fingerprint density at radius 1 is 0.500 bits per heavy atom. The van der Waals surface area contributed by atoms with Gasteiger partial charge in [-0.1, -0.05) is 96.7 Å². The van der Waals surface area contributed by atoms with E-state index in [0.29, 0.717) is 55.9 Å². The van der Waals surface area contributed by atoms with Gasteiger partial charge in [-0.3, -0.25) is 9.80 Å². The van der Waals surface area contributed by atoms with E-state index in [0.717, 1.165) is 26.2 Å². The Hall–Kier alpha value is -2.84. The SMILES string of the molecule is COC1(c2ccnc(Cl)c2)C2CCCC1CN(C13CC(c4ccccc4)(C1)C3)C2.COC1(c2ccnc(Cl)c2)C2CCCC1CN(C13CC(c4ccccc4)(C1)C3)C2. The molecule has 14 rings (SSSR count). The summed E-state index contributed by atoms with van der Waals surface area (Å²) in [6.45, 7) is 4.59. The number of fused-ring (bicyclic) bond motifs is 4. The lowest BCUT2D eigenvalue weighted by atomic mass is 9.36. The zero-order valence-electron chi connectivity index (χ0n) is 34.2. The molecule has 0 spiro atoms. The van der Waals surface area contributed by atoms with E-state index >= 15 is 0 Å². The maximum Gasteiger partial charge on any atom is 0.129 e. The third-order valence-electron chi connectivity index (χ3n) is 17.5. The number of hydrogen-bond acceptors (Lipinski definition) is 6. The highest BCUT2D eigenvalue weighted by Crippen LogP contribution is 2.73. The van der Waals surface area contributed by atoms with Crippen molar-refractivity contribution in [1.82, 2.24) is 19.8 Å². The van der Waals surface area contributed by atoms with Gasteiger partial charge in [-0.2, -0.15) is 0 Å². The largest absolute Gasteiger partial charge is 0.373 e. The fraction of sp³-hybridized carbons (Fsp3) is 0.560. The van der Waals surface area contributed by atoms with Crippen LogP contribution in [-0.2, 0) is 31.5 Å². The summed E-state index contributed by atoms with van der Waals surface area (Å²) in [5, 5.41) is 1.15. The van der Waals surface area contributed by atoms with Crippen molar-refractivity contribution >= 4 is 23.2 Å². The van der Waals surface area contributed by atoms with Gasteiger partial charge >= 0.3 is 0 Å². The van der Waals surface area contributed by atoms with E-state index in [9.17, 15) is 0 Å². The molecule has 2 saturated heterocycles. The van der Waals surface area contributed by atoms with Crippen LogP contribution >= 0.6 is 23.2 Å². The van der Waals surface area contributed by atoms with Crippen molar-refractivity contribution in [3.63, 3.8) is 0 Å². The molecule has 58 heavy (non-hydrogen) atoms. The van der Waals surface area contributed by atoms with Crippen molar-refractivity contribution in [1.29, 1.82) is 0 Å². The number of piperidine rings is 2. The molecule has 2 aliphatic heterocycles. The van der Waals surface area contributed by atoms with Gasteiger partial charge in [0.1, 0.15) is 21.5 Å². The van der Waals surface area contributed by atoms with Crippen LogP contribution in [0.5, 0.6) is 0 Å². The van der Waals surface area contributed by atoms with Crippen LogP contribution in [-0.4, -0.2) is 71.2 Å². The summed E-state index contributed by atoms with van der Waals surface area (Å²) < 4.78 is 12.8. The number of methoxy groups -OCH3 is 2. The van der Waals surface area contributed by atoms with Gasteiger partial charge in [0.15, 0.2) is 0 Å². The highest BCUT2D eigenvalue weighted by Gasteiger charge is 2.73. The number of rotatable bonds is 8. The van der Waals surface area contributed by atoms with Gasteiger partial charge in [0.05, 0.1) is 0 Å². The van der Waals surface area contributed by atoms with Crippen molar-refractivity contribution < 1.29 is 9.47 Å². The van der Waals surface area contributed by atoms with Crippen LogP contribution in [0.4, 0.5) is 0 Å². The van der Waals surface area contributed by atoms with Gasteiger partial charge in [-0.05, 0) is 111 Å². The third-order valence-corrected chi connectivity index (χ3v) is 18.0. The maximum atomic E-state index is 6.39. The topological polar surface area (TPSA) is 50.7 Å². The number of hydrogen-bond donors (Lipinski definition) is 0. The minimum atomic E-state index is -0.206. The van der Waals surface area contributed by atoms with E-state index < -0.39 is 0 Å². The Kier molecular flexibility index (Phi) is 9.09. The first-order valence-corrected chi connectivity index (χ1v) is 22.9. The Morgan fingerprint density at radius 2 is 0.845 bits per heavy atom. The molecule has 2 aromatic heterocycles. The summed E-state index contributed by atoms with van der Waals surface area (Å²) in [6.07, 6.45) is 19.3. The molecule has 4 aromatic rings. The average molecular weight is 818 g/mol. The van der Waals surface area contributed by atoms with E-state index in [1.54, 1.807) is 11.1 Å². The minimum absolute atomic E-state index is 0.206. The van der Waals surface area contributed by atoms with Crippen LogP contribution in [0.15, 0.2) is 97.3 Å². The molecule has 4 heterocycles. The molecule has 2 aromatic carbocycles. The average Bonchev–Trinajstić information content (AvgIpc) is 3.16. The summed E-state index contributed by atoms with van der Waals surface area (Å²) in [5.41, 5.74) is 6.97. The highest BCUT2D eigenvalue weighted by molar-refractivity contribution is 6.29. The first-order valence-electron chi connectivity index (χ1n) is 22.2. The molecule has 304 valence electrons. The molecular formula is C50H58Cl2N4O2. The fourth-order valence-corrected chi connectivity index (χ4v) is 15.5. The zero-order chi connectivity index (χ0) is 39.4. The van der Waals surface area contributed by atoms with Crippen LogP contribution in [0.2, 0.25) is 10.3 Å². The molecular weight excluding hydrogens is 759 g/mol. The second-order valence-corrected chi connectivity index (χ2v) is 20.8. The Bertz CT molecular complexity index is 1940. The number of likely N-dealkylation sites (tertiary alicyclic amines) is 2. The molecule has 10 aliphatic rings. The van der Waals surface area contributed by atoms with E-state index in [4.69, 9.17) is 32.7 Å². The monoisotopic (exact) mass is 816 g/mol. The Labute approximate surface area is 355 Å². The van der Waals surface area contributed by atoms with Crippen LogP contribution in [0, 0.1) is 23.7 Å². The molecule has 0 amide bonds. The van der Waals surface area contributed by atoms with E-state index in [1.807, 2.05) is 38.7 Å². The number of nitrogens with zero attached hydrogens (tertiary/aromatic N) is 4. The van der Waals surface area contributed by atoms with Gasteiger partial charge in [0.25, 0.3) is 0 Å². The van der Waals surface area contributed by atoms with Crippen LogP contribution in [0.1, 0.15) is 99.3 Å². The summed E-state index contributed by atoms with van der Waals surface area (Å²) in [5.74, 6) is 2.11. The number of benzene rings is 2. The van der Waals surface area contributed by atoms with E-state index in [-0.39, 0.29) is 11.2 Å². The highest BCUT2D eigenvalue weighted by atomic mass is 35.5. The van der Waals surface area contributed by atoms with Crippen molar-refractivity contribution in [3.8, 4) is 0 Å². The third kappa shape index (κ3) is 5.43. The Balaban J connectivity index is 0.000000133. The van der Waals surface area contributed by atoms with E-state index in [1.165, 1.54) is 88.2 Å². The van der Waals surface area contributed by atoms with Gasteiger partial charge < -0.3 is 9.47 Å². The molecule has 0 radical (unpaired) electrons. The van der Waals surface area contributed by atoms with Gasteiger partial charge in [0.2, 0.25) is 0 Å². The van der Waals surface area contributed by atoms with Crippen LogP contribution < -0.4 is 0 Å². The molecule has 8 saturated carbocycles. The maximum absolute atomic E-state index is 6.39. The second kappa shape index (κ2) is 13.8. The van der Waals surface area contributed by atoms with Gasteiger partial charge in [0, 0.05) is 98.4 Å². The molecule has 6 nitrogen and oxygen atoms in total. The van der Waals surface area contributed by atoms with Gasteiger partial charge in [-0.25, -0.2) is 9.97 Å². The van der Waals surface area contributed by atoms with E-state index in [2.05, 4.69) is 92.6 Å². The molecule has 8 bridgehead atoms. The summed E-state index contributed by atoms with van der Waals surface area (Å²) >= 11 is 12.6. The second-order valence-electron chi connectivity index (χ2n) is 20.0. The summed E-state index contributed by atoms with van der Waals surface area (Å²) in [4.78, 5) is 14.1. The first-order chi connectivity index (χ1) is 28.2. The molecule has 10 fully saturated rings. The van der Waals surface area contributed by atoms with Crippen LogP contribution in [0.25, 0.3) is 0 Å². The summed E-state index contributed by atoms with van der Waals surface area (Å²) in [6, 6.07) is 30.7. The molecule has 8 heteroatoms. The molecule has 4 atom stereocenters. The number of ether oxygens (including phenoxy) is 2. The smallest absolute Gasteiger partial charge is 0.129 e. The lowest BCUT2D eigenvalue weighted by Crippen LogP contribution is -2.79. The molecule has 8 aliphatic carbocycles. The van der Waals surface area contributed by atoms with Gasteiger partial charge in [-0.15, -0.1) is 0 Å². The van der Waals surface area contributed by atoms with Crippen molar-refractivity contribution in [2.24, 2.45) is 23.7 Å². The molecule has 0 N–H and O–H groups in total. The fourth-order valence-electron chi connectivity index (χ4n) is 15.1. The quantitative estimate of drug-likeness (QED) is 0.165. The number of halogens is 2. The first kappa shape index (κ1) is 38.1. The minimum Gasteiger partial charge on any atom is -0.373 e. The van der Waals surface area contributed by atoms with Crippen molar-refractivity contribution in [3.05, 3.63) is 130 Å². The predicted molar refractivity (Wildman–Crippen MR) is 230 cm³/mol. The van der Waals surface area contributed by atoms with Crippen LogP contribution in [0.3, 0.4) is 0 Å². The van der Waals surface area contributed by atoms with Crippen molar-refractivity contribution in [2.45, 2.75) is 110 Å². The zero-order valence-corrected chi connectivity index (χ0v) is 35.7. The lowest BCUT2D eigenvalue weighted by Gasteiger charge is -2.76. The predicted octanol–water partition coefficient (Wildman–Crippen LogP) is 10.4. The summed E-state index contributed by atoms with van der Waals surface area (Å²) in [7, 11) is 3.81. The lowest BCUT2D eigenvalue weighted by molar-refractivity contribution is -0.236. The molecule has 4 unspecified atom stereocenters. The number of aromatic nitrogens is 2. The standard InChI is InChI=1S/2C25H29ClN2O/c2*1-29-25(19-10-11-27-22(26)12-19)20-8-5-9-21(25)14-28(13-20)24-15-23(16-24,17-24)18-6-3-2-4-7-18/h2*2-4,6-7,10-12,20-21H,5,8-9,13-17H2,1H3.